The number of benzene rings is 1. The highest BCUT2D eigenvalue weighted by Crippen LogP contribution is 2.09. The molecule has 8 N–H and O–H groups in total. The van der Waals surface area contributed by atoms with Crippen LogP contribution < -0.4 is 27.4 Å². The van der Waals surface area contributed by atoms with Gasteiger partial charge in [0.1, 0.15) is 18.1 Å². The molecule has 10 heteroatoms. The molecule has 0 aromatic heterocycles. The predicted octanol–water partition coefficient (Wildman–Crippen LogP) is 0.536. The quantitative estimate of drug-likeness (QED) is 0.194. The van der Waals surface area contributed by atoms with Crippen molar-refractivity contribution in [3.05, 3.63) is 35.9 Å². The zero-order chi connectivity index (χ0) is 26.5. The molecule has 0 aliphatic rings. The van der Waals surface area contributed by atoms with Crippen LogP contribution in [0.4, 0.5) is 0 Å². The van der Waals surface area contributed by atoms with Crippen LogP contribution in [-0.4, -0.2) is 59.5 Å². The van der Waals surface area contributed by atoms with Crippen molar-refractivity contribution in [3.63, 3.8) is 0 Å². The third-order valence-corrected chi connectivity index (χ3v) is 5.70. The van der Waals surface area contributed by atoms with Gasteiger partial charge in [-0.1, -0.05) is 64.4 Å². The molecule has 4 unspecified atom stereocenters. The number of nitrogens with one attached hydrogen (secondary N) is 3. The van der Waals surface area contributed by atoms with E-state index < -0.39 is 47.9 Å². The summed E-state index contributed by atoms with van der Waals surface area (Å²) in [6.07, 6.45) is 2.01. The van der Waals surface area contributed by atoms with E-state index in [1.54, 1.807) is 52.0 Å². The Morgan fingerprint density at radius 3 is 1.83 bits per heavy atom. The van der Waals surface area contributed by atoms with Gasteiger partial charge in [-0.3, -0.25) is 14.4 Å². The van der Waals surface area contributed by atoms with Gasteiger partial charge < -0.3 is 32.5 Å². The SMILES string of the molecule is CC(C)C(NC(=O)C(N)CCCCN)C(=O)NC(C(=O)NC(Cc1ccccc1)C(=O)O)C(C)C. The van der Waals surface area contributed by atoms with Crippen molar-refractivity contribution in [2.24, 2.45) is 23.3 Å². The van der Waals surface area contributed by atoms with E-state index in [2.05, 4.69) is 16.0 Å². The van der Waals surface area contributed by atoms with Crippen LogP contribution in [0.3, 0.4) is 0 Å². The Morgan fingerprint density at radius 1 is 0.829 bits per heavy atom. The van der Waals surface area contributed by atoms with Gasteiger partial charge in [0.2, 0.25) is 17.7 Å². The fraction of sp³-hybridized carbons (Fsp3) is 0.600. The zero-order valence-corrected chi connectivity index (χ0v) is 21.1. The van der Waals surface area contributed by atoms with Gasteiger partial charge in [0.05, 0.1) is 6.04 Å². The average molecular weight is 492 g/mol. The number of carbonyl (C=O) groups is 4. The molecule has 0 radical (unpaired) electrons. The molecule has 35 heavy (non-hydrogen) atoms. The van der Waals surface area contributed by atoms with Crippen molar-refractivity contribution in [1.82, 2.24) is 16.0 Å². The molecular formula is C25H41N5O5. The lowest BCUT2D eigenvalue weighted by atomic mass is 9.98. The van der Waals surface area contributed by atoms with E-state index in [1.807, 2.05) is 6.07 Å². The summed E-state index contributed by atoms with van der Waals surface area (Å²) in [6.45, 7) is 7.55. The largest absolute Gasteiger partial charge is 0.480 e. The second-order valence-electron chi connectivity index (χ2n) is 9.44. The summed E-state index contributed by atoms with van der Waals surface area (Å²) >= 11 is 0. The molecule has 0 bridgehead atoms. The number of carboxylic acids is 1. The first-order valence-corrected chi connectivity index (χ1v) is 12.1. The minimum atomic E-state index is -1.17. The summed E-state index contributed by atoms with van der Waals surface area (Å²) in [5.41, 5.74) is 12.2. The lowest BCUT2D eigenvalue weighted by Crippen LogP contribution is -2.59. The Hall–Kier alpha value is -2.98. The Balaban J connectivity index is 2.87. The number of hydrogen-bond acceptors (Lipinski definition) is 6. The van der Waals surface area contributed by atoms with Gasteiger partial charge in [-0.25, -0.2) is 4.79 Å². The summed E-state index contributed by atoms with van der Waals surface area (Å²) in [6, 6.07) is 5.13. The Kier molecular flexibility index (Phi) is 13.0. The third kappa shape index (κ3) is 10.4. The van der Waals surface area contributed by atoms with Gasteiger partial charge in [-0.05, 0) is 36.8 Å². The summed E-state index contributed by atoms with van der Waals surface area (Å²) in [5.74, 6) is -3.36. The van der Waals surface area contributed by atoms with Gasteiger partial charge in [0.15, 0.2) is 0 Å². The van der Waals surface area contributed by atoms with Crippen LogP contribution in [0, 0.1) is 11.8 Å². The molecule has 0 saturated carbocycles. The van der Waals surface area contributed by atoms with E-state index in [4.69, 9.17) is 11.5 Å². The van der Waals surface area contributed by atoms with E-state index in [9.17, 15) is 24.3 Å². The fourth-order valence-electron chi connectivity index (χ4n) is 3.52. The molecule has 4 atom stereocenters. The topological polar surface area (TPSA) is 177 Å². The van der Waals surface area contributed by atoms with Crippen LogP contribution in [0.1, 0.15) is 52.5 Å². The molecule has 10 nitrogen and oxygen atoms in total. The number of nitrogens with two attached hydrogens (primary N) is 2. The van der Waals surface area contributed by atoms with Crippen LogP contribution in [0.2, 0.25) is 0 Å². The maximum absolute atomic E-state index is 13.1. The first-order valence-electron chi connectivity index (χ1n) is 12.1. The van der Waals surface area contributed by atoms with Gasteiger partial charge in [0.25, 0.3) is 0 Å². The van der Waals surface area contributed by atoms with Crippen molar-refractivity contribution in [2.45, 2.75) is 77.5 Å². The standard InChI is InChI=1S/C25H41N5O5/c1-15(2)20(23(32)28-19(25(34)35)14-17-10-6-5-7-11-17)30-24(33)21(16(3)4)29-22(31)18(27)12-8-9-13-26/h5-7,10-11,15-16,18-21H,8-9,12-14,26-27H2,1-4H3,(H,28,32)(H,29,31)(H,30,33)(H,34,35). The highest BCUT2D eigenvalue weighted by molar-refractivity contribution is 5.94. The molecular weight excluding hydrogens is 450 g/mol. The Labute approximate surface area is 207 Å². The number of carbonyl (C=O) groups excluding carboxylic acids is 3. The lowest BCUT2D eigenvalue weighted by molar-refractivity contribution is -0.142. The van der Waals surface area contributed by atoms with Gasteiger partial charge in [-0.2, -0.15) is 0 Å². The summed E-state index contributed by atoms with van der Waals surface area (Å²) in [7, 11) is 0. The van der Waals surface area contributed by atoms with Crippen molar-refractivity contribution < 1.29 is 24.3 Å². The Morgan fingerprint density at radius 2 is 1.34 bits per heavy atom. The van der Waals surface area contributed by atoms with Crippen LogP contribution in [0.25, 0.3) is 0 Å². The molecule has 3 amide bonds. The summed E-state index contributed by atoms with van der Waals surface area (Å²) < 4.78 is 0. The maximum Gasteiger partial charge on any atom is 0.326 e. The van der Waals surface area contributed by atoms with Crippen LogP contribution in [0.15, 0.2) is 30.3 Å². The average Bonchev–Trinajstić information content (AvgIpc) is 2.80. The number of rotatable bonds is 15. The zero-order valence-electron chi connectivity index (χ0n) is 21.1. The molecule has 0 saturated heterocycles. The first kappa shape index (κ1) is 30.1. The summed E-state index contributed by atoms with van der Waals surface area (Å²) in [4.78, 5) is 50.3. The van der Waals surface area contributed by atoms with Crippen molar-refractivity contribution >= 4 is 23.7 Å². The molecule has 0 aliphatic heterocycles. The van der Waals surface area contributed by atoms with Crippen LogP contribution >= 0.6 is 0 Å². The molecule has 1 aromatic rings. The Bertz CT molecular complexity index is 831. The fourth-order valence-corrected chi connectivity index (χ4v) is 3.52. The maximum atomic E-state index is 13.1. The number of unbranched alkanes of at least 4 members (excludes halogenated alkanes) is 1. The second kappa shape index (κ2) is 15.1. The monoisotopic (exact) mass is 491 g/mol. The first-order chi connectivity index (χ1) is 16.5. The minimum absolute atomic E-state index is 0.105. The van der Waals surface area contributed by atoms with E-state index in [0.29, 0.717) is 19.4 Å². The molecule has 1 rings (SSSR count). The predicted molar refractivity (Wildman–Crippen MR) is 134 cm³/mol. The van der Waals surface area contributed by atoms with Crippen molar-refractivity contribution in [2.75, 3.05) is 6.54 Å². The molecule has 1 aromatic carbocycles. The molecule has 0 aliphatic carbocycles. The molecule has 0 heterocycles. The van der Waals surface area contributed by atoms with E-state index in [1.165, 1.54) is 0 Å². The third-order valence-electron chi connectivity index (χ3n) is 5.70. The van der Waals surface area contributed by atoms with E-state index in [-0.39, 0.29) is 18.3 Å². The van der Waals surface area contributed by atoms with Crippen molar-refractivity contribution in [1.29, 1.82) is 0 Å². The molecule has 0 fully saturated rings. The van der Waals surface area contributed by atoms with Gasteiger partial charge >= 0.3 is 5.97 Å². The van der Waals surface area contributed by atoms with E-state index in [0.717, 1.165) is 12.0 Å². The van der Waals surface area contributed by atoms with Crippen LogP contribution in [0.5, 0.6) is 0 Å². The number of carboxylic acid groups (broad SMARTS) is 1. The summed E-state index contributed by atoms with van der Waals surface area (Å²) in [5, 5.41) is 17.5. The van der Waals surface area contributed by atoms with Gasteiger partial charge in [0, 0.05) is 6.42 Å². The lowest BCUT2D eigenvalue weighted by Gasteiger charge is -2.28. The smallest absolute Gasteiger partial charge is 0.326 e. The molecule has 0 spiro atoms. The minimum Gasteiger partial charge on any atom is -0.480 e. The molecule has 196 valence electrons. The van der Waals surface area contributed by atoms with Crippen LogP contribution in [-0.2, 0) is 25.6 Å². The van der Waals surface area contributed by atoms with Crippen molar-refractivity contribution in [3.8, 4) is 0 Å². The number of aliphatic carboxylic acids is 1. The second-order valence-corrected chi connectivity index (χ2v) is 9.44. The number of hydrogen-bond donors (Lipinski definition) is 6. The normalized spacial score (nSPS) is 14.6. The highest BCUT2D eigenvalue weighted by atomic mass is 16.4. The number of amides is 3. The highest BCUT2D eigenvalue weighted by Gasteiger charge is 2.33. The van der Waals surface area contributed by atoms with E-state index >= 15 is 0 Å². The van der Waals surface area contributed by atoms with Gasteiger partial charge in [-0.15, -0.1) is 0 Å².